The third kappa shape index (κ3) is 5.96. The van der Waals surface area contributed by atoms with Gasteiger partial charge in [0.25, 0.3) is 0 Å². The van der Waals surface area contributed by atoms with E-state index < -0.39 is 5.97 Å². The summed E-state index contributed by atoms with van der Waals surface area (Å²) in [5.74, 6) is 0.853. The summed E-state index contributed by atoms with van der Waals surface area (Å²) >= 11 is 0. The molecule has 1 fully saturated rings. The Morgan fingerprint density at radius 3 is 2.52 bits per heavy atom. The minimum atomic E-state index is -0.763. The predicted octanol–water partition coefficient (Wildman–Crippen LogP) is 4.37. The second-order valence-electron chi connectivity index (χ2n) is 6.72. The number of aryl methyl sites for hydroxylation is 2. The van der Waals surface area contributed by atoms with Crippen LogP contribution < -0.4 is 4.74 Å². The van der Waals surface area contributed by atoms with Gasteiger partial charge >= 0.3 is 5.97 Å². The lowest BCUT2D eigenvalue weighted by atomic mass is 10.1. The summed E-state index contributed by atoms with van der Waals surface area (Å²) in [4.78, 5) is 12.9. The molecule has 3 rings (SSSR count). The molecule has 146 valence electrons. The summed E-state index contributed by atoms with van der Waals surface area (Å²) in [6.45, 7) is 6.82. The molecule has 2 aromatic rings. The number of nitrogens with zero attached hydrogens (tertiary/aromatic N) is 1. The molecule has 1 unspecified atom stereocenters. The monoisotopic (exact) mass is 391 g/mol. The molecule has 1 aliphatic rings. The molecule has 0 aliphatic carbocycles. The van der Waals surface area contributed by atoms with Crippen LogP contribution in [-0.2, 0) is 9.53 Å². The van der Waals surface area contributed by atoms with E-state index in [1.165, 1.54) is 11.1 Å². The zero-order valence-electron chi connectivity index (χ0n) is 15.7. The highest BCUT2D eigenvalue weighted by atomic mass is 35.5. The van der Waals surface area contributed by atoms with Crippen molar-refractivity contribution in [3.8, 4) is 11.5 Å². The second kappa shape index (κ2) is 9.74. The summed E-state index contributed by atoms with van der Waals surface area (Å²) < 4.78 is 11.8. The van der Waals surface area contributed by atoms with Crippen molar-refractivity contribution in [3.05, 3.63) is 59.2 Å². The molecular formula is C21H26ClNO4. The van der Waals surface area contributed by atoms with Gasteiger partial charge in [-0.15, -0.1) is 12.4 Å². The summed E-state index contributed by atoms with van der Waals surface area (Å²) in [6.07, 6.45) is 0.128. The number of rotatable bonds is 6. The average molecular weight is 392 g/mol. The van der Waals surface area contributed by atoms with E-state index in [1.807, 2.05) is 36.4 Å². The predicted molar refractivity (Wildman–Crippen MR) is 107 cm³/mol. The van der Waals surface area contributed by atoms with Gasteiger partial charge in [-0.1, -0.05) is 18.2 Å². The third-order valence-corrected chi connectivity index (χ3v) is 4.76. The van der Waals surface area contributed by atoms with E-state index in [-0.39, 0.29) is 24.9 Å². The van der Waals surface area contributed by atoms with E-state index in [9.17, 15) is 4.79 Å². The lowest BCUT2D eigenvalue weighted by Gasteiger charge is -2.32. The molecule has 5 nitrogen and oxygen atoms in total. The first-order valence-electron chi connectivity index (χ1n) is 8.92. The largest absolute Gasteiger partial charge is 0.481 e. The first kappa shape index (κ1) is 21.2. The van der Waals surface area contributed by atoms with Crippen LogP contribution in [0.5, 0.6) is 11.5 Å². The number of carboxylic acid groups (broad SMARTS) is 1. The molecule has 0 bridgehead atoms. The molecule has 0 radical (unpaired) electrons. The van der Waals surface area contributed by atoms with E-state index in [2.05, 4.69) is 24.8 Å². The Morgan fingerprint density at radius 2 is 1.85 bits per heavy atom. The maximum atomic E-state index is 10.7. The summed E-state index contributed by atoms with van der Waals surface area (Å²) in [7, 11) is 0. The van der Waals surface area contributed by atoms with E-state index in [0.29, 0.717) is 19.7 Å². The number of carbonyl (C=O) groups is 1. The highest BCUT2D eigenvalue weighted by molar-refractivity contribution is 5.85. The topological polar surface area (TPSA) is 59.0 Å². The molecule has 27 heavy (non-hydrogen) atoms. The fraction of sp³-hybridized carbons (Fsp3) is 0.381. The van der Waals surface area contributed by atoms with Crippen molar-refractivity contribution in [1.29, 1.82) is 0 Å². The molecule has 1 aliphatic heterocycles. The number of aliphatic carboxylic acids is 1. The van der Waals surface area contributed by atoms with Crippen LogP contribution in [0.2, 0.25) is 0 Å². The maximum Gasteiger partial charge on any atom is 0.304 e. The Balaban J connectivity index is 0.00000261. The van der Waals surface area contributed by atoms with Gasteiger partial charge in [-0.3, -0.25) is 9.69 Å². The van der Waals surface area contributed by atoms with Crippen LogP contribution in [0, 0.1) is 13.8 Å². The van der Waals surface area contributed by atoms with Crippen LogP contribution in [0.1, 0.15) is 29.2 Å². The van der Waals surface area contributed by atoms with Crippen LogP contribution in [0.15, 0.2) is 42.5 Å². The summed E-state index contributed by atoms with van der Waals surface area (Å²) in [5.41, 5.74) is 3.53. The average Bonchev–Trinajstić information content (AvgIpc) is 2.64. The van der Waals surface area contributed by atoms with Crippen LogP contribution in [0.4, 0.5) is 0 Å². The van der Waals surface area contributed by atoms with Crippen molar-refractivity contribution < 1.29 is 19.4 Å². The van der Waals surface area contributed by atoms with Crippen molar-refractivity contribution in [2.24, 2.45) is 0 Å². The van der Waals surface area contributed by atoms with Gasteiger partial charge in [-0.05, 0) is 54.8 Å². The van der Waals surface area contributed by atoms with Crippen molar-refractivity contribution in [2.75, 3.05) is 26.2 Å². The van der Waals surface area contributed by atoms with Gasteiger partial charge in [0.15, 0.2) is 0 Å². The summed E-state index contributed by atoms with van der Waals surface area (Å²) in [6, 6.07) is 14.0. The molecule has 1 heterocycles. The van der Waals surface area contributed by atoms with Gasteiger partial charge in [0.1, 0.15) is 11.5 Å². The molecule has 1 atom stereocenters. The molecule has 6 heteroatoms. The van der Waals surface area contributed by atoms with Gasteiger partial charge in [-0.25, -0.2) is 0 Å². The highest BCUT2D eigenvalue weighted by Gasteiger charge is 2.22. The Hall–Kier alpha value is -2.08. The van der Waals surface area contributed by atoms with E-state index in [4.69, 9.17) is 14.6 Å². The lowest BCUT2D eigenvalue weighted by molar-refractivity contribution is -0.137. The zero-order valence-corrected chi connectivity index (χ0v) is 16.5. The van der Waals surface area contributed by atoms with Crippen molar-refractivity contribution in [1.82, 2.24) is 4.90 Å². The molecule has 1 saturated heterocycles. The van der Waals surface area contributed by atoms with Crippen LogP contribution in [0.3, 0.4) is 0 Å². The van der Waals surface area contributed by atoms with Gasteiger partial charge in [-0.2, -0.15) is 0 Å². The van der Waals surface area contributed by atoms with Gasteiger partial charge in [0, 0.05) is 19.6 Å². The molecule has 1 N–H and O–H groups in total. The van der Waals surface area contributed by atoms with Gasteiger partial charge < -0.3 is 14.6 Å². The van der Waals surface area contributed by atoms with Gasteiger partial charge in [0.05, 0.1) is 19.1 Å². The van der Waals surface area contributed by atoms with Crippen LogP contribution >= 0.6 is 12.4 Å². The summed E-state index contributed by atoms with van der Waals surface area (Å²) in [5, 5.41) is 8.84. The normalized spacial score (nSPS) is 17.2. The Morgan fingerprint density at radius 1 is 1.15 bits per heavy atom. The Labute approximate surface area is 166 Å². The SMILES string of the molecule is Cc1ccc(Oc2ccc(C3CN(CCC(=O)O)CCO3)cc2)cc1C.Cl. The number of morpholine rings is 1. The number of hydrogen-bond donors (Lipinski definition) is 1. The number of hydrogen-bond acceptors (Lipinski definition) is 4. The highest BCUT2D eigenvalue weighted by Crippen LogP contribution is 2.27. The number of benzene rings is 2. The van der Waals surface area contributed by atoms with Crippen molar-refractivity contribution in [2.45, 2.75) is 26.4 Å². The smallest absolute Gasteiger partial charge is 0.304 e. The third-order valence-electron chi connectivity index (χ3n) is 4.76. The van der Waals surface area contributed by atoms with E-state index >= 15 is 0 Å². The maximum absolute atomic E-state index is 10.7. The fourth-order valence-electron chi connectivity index (χ4n) is 3.03. The van der Waals surface area contributed by atoms with Crippen LogP contribution in [0.25, 0.3) is 0 Å². The molecule has 0 amide bonds. The lowest BCUT2D eigenvalue weighted by Crippen LogP contribution is -2.39. The standard InChI is InChI=1S/C21H25NO4.ClH/c1-15-3-6-19(13-16(15)2)26-18-7-4-17(5-8-18)20-14-22(11-12-25-20)10-9-21(23)24;/h3-8,13,20H,9-12,14H2,1-2H3,(H,23,24);1H. The minimum Gasteiger partial charge on any atom is -0.481 e. The zero-order chi connectivity index (χ0) is 18.5. The molecule has 0 spiro atoms. The Kier molecular flexibility index (Phi) is 7.66. The fourth-order valence-corrected chi connectivity index (χ4v) is 3.03. The van der Waals surface area contributed by atoms with E-state index in [0.717, 1.165) is 23.6 Å². The molecule has 0 saturated carbocycles. The number of carboxylic acids is 1. The minimum absolute atomic E-state index is 0. The first-order valence-corrected chi connectivity index (χ1v) is 8.92. The number of ether oxygens (including phenoxy) is 2. The second-order valence-corrected chi connectivity index (χ2v) is 6.72. The molecule has 2 aromatic carbocycles. The van der Waals surface area contributed by atoms with Crippen molar-refractivity contribution >= 4 is 18.4 Å². The quantitative estimate of drug-likeness (QED) is 0.792. The molecular weight excluding hydrogens is 366 g/mol. The first-order chi connectivity index (χ1) is 12.5. The van der Waals surface area contributed by atoms with Crippen molar-refractivity contribution in [3.63, 3.8) is 0 Å². The number of halogens is 1. The van der Waals surface area contributed by atoms with Gasteiger partial charge in [0.2, 0.25) is 0 Å². The van der Waals surface area contributed by atoms with Crippen LogP contribution in [-0.4, -0.2) is 42.2 Å². The Bertz CT molecular complexity index is 763. The van der Waals surface area contributed by atoms with E-state index in [1.54, 1.807) is 0 Å². The molecule has 0 aromatic heterocycles.